The summed E-state index contributed by atoms with van der Waals surface area (Å²) < 4.78 is 6.81. The number of tetrazole rings is 1. The molecule has 1 aromatic carbocycles. The molecule has 0 radical (unpaired) electrons. The molecule has 0 bridgehead atoms. The van der Waals surface area contributed by atoms with Crippen LogP contribution in [0.15, 0.2) is 35.1 Å². The molecule has 116 valence electrons. The summed E-state index contributed by atoms with van der Waals surface area (Å²) in [6.45, 7) is 0. The number of hydrogen-bond donors (Lipinski definition) is 1. The summed E-state index contributed by atoms with van der Waals surface area (Å²) in [5, 5.41) is 17.8. The third-order valence-corrected chi connectivity index (χ3v) is 3.88. The topological polar surface area (TPSA) is 98.7 Å². The van der Waals surface area contributed by atoms with Crippen molar-refractivity contribution in [3.63, 3.8) is 0 Å². The molecule has 4 rings (SSSR count). The lowest BCUT2D eigenvalue weighted by Crippen LogP contribution is -2.15. The van der Waals surface area contributed by atoms with Crippen molar-refractivity contribution in [1.29, 1.82) is 0 Å². The minimum atomic E-state index is -0.259. The van der Waals surface area contributed by atoms with Crippen LogP contribution in [0.1, 0.15) is 34.7 Å². The molecule has 3 aromatic rings. The van der Waals surface area contributed by atoms with Crippen molar-refractivity contribution in [2.75, 3.05) is 5.32 Å². The lowest BCUT2D eigenvalue weighted by atomic mass is 9.96. The summed E-state index contributed by atoms with van der Waals surface area (Å²) in [5.74, 6) is 0.578. The number of rotatable bonds is 3. The molecule has 0 saturated carbocycles. The van der Waals surface area contributed by atoms with Crippen molar-refractivity contribution in [3.05, 3.63) is 47.6 Å². The van der Waals surface area contributed by atoms with Crippen molar-refractivity contribution in [1.82, 2.24) is 25.4 Å². The second-order valence-corrected chi connectivity index (χ2v) is 5.40. The molecule has 0 fully saturated rings. The summed E-state index contributed by atoms with van der Waals surface area (Å²) >= 11 is 0. The summed E-state index contributed by atoms with van der Waals surface area (Å²) in [6, 6.07) is 7.27. The second-order valence-electron chi connectivity index (χ2n) is 5.40. The van der Waals surface area contributed by atoms with E-state index in [1.165, 1.54) is 11.0 Å². The highest BCUT2D eigenvalue weighted by Crippen LogP contribution is 2.25. The van der Waals surface area contributed by atoms with Crippen molar-refractivity contribution < 1.29 is 9.32 Å². The largest absolute Gasteiger partial charge is 0.360 e. The first-order valence-corrected chi connectivity index (χ1v) is 7.43. The van der Waals surface area contributed by atoms with Crippen molar-refractivity contribution in [3.8, 4) is 5.69 Å². The standard InChI is InChI=1S/C15H14N6O2/c22-15(14-12-6-1-2-7-13(12)23-18-14)17-10-4-3-5-11(8-10)21-9-16-19-20-21/h3-5,8-9H,1-2,6-7H2,(H,17,22). The highest BCUT2D eigenvalue weighted by molar-refractivity contribution is 6.04. The van der Waals surface area contributed by atoms with Crippen LogP contribution in [0.25, 0.3) is 5.69 Å². The average Bonchev–Trinajstić information content (AvgIpc) is 3.25. The Morgan fingerprint density at radius 3 is 3.04 bits per heavy atom. The van der Waals surface area contributed by atoms with Gasteiger partial charge in [-0.05, 0) is 47.9 Å². The maximum absolute atomic E-state index is 12.5. The van der Waals surface area contributed by atoms with Gasteiger partial charge in [0.2, 0.25) is 0 Å². The first-order valence-electron chi connectivity index (χ1n) is 7.43. The van der Waals surface area contributed by atoms with E-state index in [0.29, 0.717) is 11.4 Å². The zero-order chi connectivity index (χ0) is 15.6. The third kappa shape index (κ3) is 2.59. The van der Waals surface area contributed by atoms with E-state index < -0.39 is 0 Å². The van der Waals surface area contributed by atoms with Crippen molar-refractivity contribution >= 4 is 11.6 Å². The molecule has 0 aliphatic heterocycles. The number of anilines is 1. The van der Waals surface area contributed by atoms with E-state index in [1.807, 2.05) is 12.1 Å². The molecule has 8 nitrogen and oxygen atoms in total. The Hall–Kier alpha value is -3.03. The molecule has 2 heterocycles. The highest BCUT2D eigenvalue weighted by atomic mass is 16.5. The Morgan fingerprint density at radius 1 is 1.26 bits per heavy atom. The number of nitrogens with zero attached hydrogens (tertiary/aromatic N) is 5. The number of benzene rings is 1. The van der Waals surface area contributed by atoms with Gasteiger partial charge in [0.25, 0.3) is 5.91 Å². The first kappa shape index (κ1) is 13.6. The van der Waals surface area contributed by atoms with E-state index in [4.69, 9.17) is 4.52 Å². The van der Waals surface area contributed by atoms with Crippen LogP contribution in [0.2, 0.25) is 0 Å². The van der Waals surface area contributed by atoms with Gasteiger partial charge >= 0.3 is 0 Å². The number of aryl methyl sites for hydroxylation is 1. The predicted octanol–water partition coefficient (Wildman–Crippen LogP) is 1.78. The molecule has 2 aromatic heterocycles. The van der Waals surface area contributed by atoms with Gasteiger partial charge in [-0.15, -0.1) is 5.10 Å². The van der Waals surface area contributed by atoms with Gasteiger partial charge in [-0.1, -0.05) is 11.2 Å². The van der Waals surface area contributed by atoms with Crippen LogP contribution >= 0.6 is 0 Å². The van der Waals surface area contributed by atoms with Gasteiger partial charge in [0, 0.05) is 17.7 Å². The maximum Gasteiger partial charge on any atom is 0.278 e. The lowest BCUT2D eigenvalue weighted by Gasteiger charge is -2.09. The molecule has 0 atom stereocenters. The number of fused-ring (bicyclic) bond motifs is 1. The quantitative estimate of drug-likeness (QED) is 0.791. The van der Waals surface area contributed by atoms with E-state index in [0.717, 1.165) is 42.7 Å². The number of carbonyl (C=O) groups excluding carboxylic acids is 1. The number of carbonyl (C=O) groups is 1. The van der Waals surface area contributed by atoms with Crippen molar-refractivity contribution in [2.24, 2.45) is 0 Å². The van der Waals surface area contributed by atoms with E-state index in [2.05, 4.69) is 26.0 Å². The van der Waals surface area contributed by atoms with Gasteiger partial charge in [0.1, 0.15) is 12.1 Å². The smallest absolute Gasteiger partial charge is 0.278 e. The number of hydrogen-bond acceptors (Lipinski definition) is 6. The maximum atomic E-state index is 12.5. The molecule has 1 aliphatic carbocycles. The molecule has 0 saturated heterocycles. The molecule has 8 heteroatoms. The molecule has 0 unspecified atom stereocenters. The van der Waals surface area contributed by atoms with Crippen LogP contribution in [-0.4, -0.2) is 31.3 Å². The van der Waals surface area contributed by atoms with Crippen LogP contribution in [0.3, 0.4) is 0 Å². The van der Waals surface area contributed by atoms with Crippen LogP contribution in [0.4, 0.5) is 5.69 Å². The molecule has 1 N–H and O–H groups in total. The van der Waals surface area contributed by atoms with E-state index in [1.54, 1.807) is 12.1 Å². The Bertz CT molecular complexity index is 840. The van der Waals surface area contributed by atoms with Gasteiger partial charge in [-0.3, -0.25) is 4.79 Å². The predicted molar refractivity (Wildman–Crippen MR) is 80.3 cm³/mol. The fraction of sp³-hybridized carbons (Fsp3) is 0.267. The SMILES string of the molecule is O=C(Nc1cccc(-n2cnnn2)c1)c1noc2c1CCCC2. The molecule has 23 heavy (non-hydrogen) atoms. The third-order valence-electron chi connectivity index (χ3n) is 3.88. The summed E-state index contributed by atoms with van der Waals surface area (Å²) in [6.07, 6.45) is 5.33. The highest BCUT2D eigenvalue weighted by Gasteiger charge is 2.24. The van der Waals surface area contributed by atoms with Gasteiger partial charge in [-0.2, -0.15) is 0 Å². The average molecular weight is 310 g/mol. The van der Waals surface area contributed by atoms with E-state index >= 15 is 0 Å². The minimum absolute atomic E-state index is 0.259. The van der Waals surface area contributed by atoms with Crippen LogP contribution in [0.5, 0.6) is 0 Å². The molecular formula is C15H14N6O2. The van der Waals surface area contributed by atoms with Gasteiger partial charge in [0.05, 0.1) is 5.69 Å². The fourth-order valence-electron chi connectivity index (χ4n) is 2.76. The fourth-order valence-corrected chi connectivity index (χ4v) is 2.76. The number of nitrogens with one attached hydrogen (secondary N) is 1. The zero-order valence-corrected chi connectivity index (χ0v) is 12.3. The van der Waals surface area contributed by atoms with E-state index in [9.17, 15) is 4.79 Å². The first-order chi connectivity index (χ1) is 11.3. The Morgan fingerprint density at radius 2 is 2.17 bits per heavy atom. The normalized spacial score (nSPS) is 13.6. The van der Waals surface area contributed by atoms with E-state index in [-0.39, 0.29) is 5.91 Å². The van der Waals surface area contributed by atoms with Crippen LogP contribution < -0.4 is 5.32 Å². The lowest BCUT2D eigenvalue weighted by molar-refractivity contribution is 0.101. The molecular weight excluding hydrogens is 296 g/mol. The van der Waals surface area contributed by atoms with Crippen LogP contribution in [0, 0.1) is 0 Å². The number of amides is 1. The van der Waals surface area contributed by atoms with Crippen LogP contribution in [-0.2, 0) is 12.8 Å². The zero-order valence-electron chi connectivity index (χ0n) is 12.3. The summed E-state index contributed by atoms with van der Waals surface area (Å²) in [7, 11) is 0. The second kappa shape index (κ2) is 5.64. The monoisotopic (exact) mass is 310 g/mol. The molecule has 0 spiro atoms. The molecule has 1 amide bonds. The van der Waals surface area contributed by atoms with Gasteiger partial charge in [0.15, 0.2) is 5.69 Å². The summed E-state index contributed by atoms with van der Waals surface area (Å²) in [4.78, 5) is 12.5. The van der Waals surface area contributed by atoms with Gasteiger partial charge < -0.3 is 9.84 Å². The Balaban J connectivity index is 1.57. The summed E-state index contributed by atoms with van der Waals surface area (Å²) in [5.41, 5.74) is 2.73. The molecule has 1 aliphatic rings. The number of aromatic nitrogens is 5. The minimum Gasteiger partial charge on any atom is -0.360 e. The Labute approximate surface area is 131 Å². The van der Waals surface area contributed by atoms with Crippen molar-refractivity contribution in [2.45, 2.75) is 25.7 Å². The Kier molecular flexibility index (Phi) is 3.34. The van der Waals surface area contributed by atoms with Gasteiger partial charge in [-0.25, -0.2) is 4.68 Å².